The van der Waals surface area contributed by atoms with Gasteiger partial charge < -0.3 is 18.9 Å². The third-order valence-corrected chi connectivity index (χ3v) is 5.97. The van der Waals surface area contributed by atoms with E-state index < -0.39 is 11.9 Å². The molecule has 0 radical (unpaired) electrons. The number of hydrogen-bond acceptors (Lipinski definition) is 6. The summed E-state index contributed by atoms with van der Waals surface area (Å²) in [6.07, 6.45) is 0.924. The van der Waals surface area contributed by atoms with Crippen molar-refractivity contribution in [3.63, 3.8) is 0 Å². The third-order valence-electron chi connectivity index (χ3n) is 5.97. The lowest BCUT2D eigenvalue weighted by molar-refractivity contribution is -0.139. The first kappa shape index (κ1) is 28.2. The number of hydrogen-bond donors (Lipinski definition) is 0. The first-order valence-electron chi connectivity index (χ1n) is 13.1. The Labute approximate surface area is 234 Å². The van der Waals surface area contributed by atoms with E-state index in [2.05, 4.69) is 30.8 Å². The first-order valence-corrected chi connectivity index (χ1v) is 13.1. The highest BCUT2D eigenvalue weighted by Gasteiger charge is 2.10. The van der Waals surface area contributed by atoms with E-state index in [1.165, 1.54) is 0 Å². The molecule has 0 aliphatic rings. The van der Waals surface area contributed by atoms with Gasteiger partial charge in [-0.3, -0.25) is 0 Å². The molecule has 0 aliphatic heterocycles. The summed E-state index contributed by atoms with van der Waals surface area (Å²) in [5, 5.41) is 0. The topological polar surface area (TPSA) is 71.1 Å². The maximum absolute atomic E-state index is 12.5. The van der Waals surface area contributed by atoms with Gasteiger partial charge >= 0.3 is 11.9 Å². The van der Waals surface area contributed by atoms with Gasteiger partial charge in [0, 0.05) is 5.57 Å². The van der Waals surface area contributed by atoms with Crippen molar-refractivity contribution in [2.75, 3.05) is 19.8 Å². The van der Waals surface area contributed by atoms with Gasteiger partial charge in [0.25, 0.3) is 0 Å². The maximum atomic E-state index is 12.5. The molecule has 0 heterocycles. The van der Waals surface area contributed by atoms with E-state index in [1.807, 2.05) is 43.3 Å². The van der Waals surface area contributed by atoms with Gasteiger partial charge in [-0.25, -0.2) is 9.59 Å². The third kappa shape index (κ3) is 7.84. The molecule has 0 bridgehead atoms. The monoisotopic (exact) mass is 536 g/mol. The van der Waals surface area contributed by atoms with E-state index in [-0.39, 0.29) is 13.2 Å². The van der Waals surface area contributed by atoms with Crippen molar-refractivity contribution in [1.82, 2.24) is 0 Å². The number of ether oxygens (including phenoxy) is 4. The zero-order chi connectivity index (χ0) is 28.3. The Morgan fingerprint density at radius 3 is 1.50 bits per heavy atom. The predicted octanol–water partition coefficient (Wildman–Crippen LogP) is 7.53. The zero-order valence-corrected chi connectivity index (χ0v) is 22.7. The van der Waals surface area contributed by atoms with Gasteiger partial charge in [-0.05, 0) is 84.1 Å². The van der Waals surface area contributed by atoms with Crippen molar-refractivity contribution in [2.45, 2.75) is 20.3 Å². The molecular formula is C34H32O6. The van der Waals surface area contributed by atoms with Crippen molar-refractivity contribution >= 4 is 11.9 Å². The molecule has 0 fully saturated rings. The molecule has 0 amide bonds. The van der Waals surface area contributed by atoms with Crippen LogP contribution in [0.15, 0.2) is 109 Å². The Hall–Kier alpha value is -4.84. The molecule has 0 aromatic heterocycles. The molecule has 4 aromatic rings. The number of benzene rings is 4. The summed E-state index contributed by atoms with van der Waals surface area (Å²) in [4.78, 5) is 23.9. The van der Waals surface area contributed by atoms with E-state index in [4.69, 9.17) is 18.9 Å². The molecule has 0 saturated heterocycles. The number of rotatable bonds is 12. The molecule has 6 nitrogen and oxygen atoms in total. The lowest BCUT2D eigenvalue weighted by atomic mass is 10.0. The van der Waals surface area contributed by atoms with E-state index in [1.54, 1.807) is 43.3 Å². The number of carbonyl (C=O) groups excluding carboxylic acids is 2. The van der Waals surface area contributed by atoms with Crippen LogP contribution in [0.2, 0.25) is 0 Å². The summed E-state index contributed by atoms with van der Waals surface area (Å²) >= 11 is 0. The lowest BCUT2D eigenvalue weighted by Gasteiger charge is -2.09. The van der Waals surface area contributed by atoms with Crippen LogP contribution in [-0.4, -0.2) is 31.8 Å². The van der Waals surface area contributed by atoms with Crippen molar-refractivity contribution in [1.29, 1.82) is 0 Å². The molecule has 0 unspecified atom stereocenters. The fourth-order valence-electron chi connectivity index (χ4n) is 3.80. The lowest BCUT2D eigenvalue weighted by Crippen LogP contribution is -2.12. The van der Waals surface area contributed by atoms with Gasteiger partial charge in [-0.15, -0.1) is 0 Å². The minimum atomic E-state index is -0.419. The largest absolute Gasteiger partial charge is 0.494 e. The molecule has 0 saturated carbocycles. The van der Waals surface area contributed by atoms with Gasteiger partial charge in [-0.1, -0.05) is 62.0 Å². The molecule has 0 N–H and O–H groups in total. The van der Waals surface area contributed by atoms with Gasteiger partial charge in [0.05, 0.1) is 12.2 Å². The minimum Gasteiger partial charge on any atom is -0.494 e. The van der Waals surface area contributed by atoms with E-state index >= 15 is 0 Å². The summed E-state index contributed by atoms with van der Waals surface area (Å²) in [5.41, 5.74) is 5.02. The molecule has 0 spiro atoms. The maximum Gasteiger partial charge on any atom is 0.343 e. The second-order valence-electron chi connectivity index (χ2n) is 9.15. The van der Waals surface area contributed by atoms with Crippen LogP contribution in [0.25, 0.3) is 22.3 Å². The summed E-state index contributed by atoms with van der Waals surface area (Å²) in [6, 6.07) is 30.4. The summed E-state index contributed by atoms with van der Waals surface area (Å²) in [5.74, 6) is 1.08. The SMILES string of the molecule is C=C(C)C(=O)OCCOc1ccc(-c2ccc(-c3ccc(OC(=O)c4ccc(OCCC)cc4)cc3)cc2)cc1. The van der Waals surface area contributed by atoms with Crippen LogP contribution in [0.3, 0.4) is 0 Å². The normalized spacial score (nSPS) is 10.4. The van der Waals surface area contributed by atoms with Gasteiger partial charge in [-0.2, -0.15) is 0 Å². The summed E-state index contributed by atoms with van der Waals surface area (Å²) in [7, 11) is 0. The van der Waals surface area contributed by atoms with E-state index in [9.17, 15) is 9.59 Å². The van der Waals surface area contributed by atoms with Crippen LogP contribution >= 0.6 is 0 Å². The smallest absolute Gasteiger partial charge is 0.343 e. The second-order valence-corrected chi connectivity index (χ2v) is 9.15. The molecule has 0 aliphatic carbocycles. The Kier molecular flexibility index (Phi) is 9.72. The van der Waals surface area contributed by atoms with Gasteiger partial charge in [0.1, 0.15) is 30.5 Å². The predicted molar refractivity (Wildman–Crippen MR) is 156 cm³/mol. The summed E-state index contributed by atoms with van der Waals surface area (Å²) in [6.45, 7) is 8.28. The highest BCUT2D eigenvalue weighted by Crippen LogP contribution is 2.28. The highest BCUT2D eigenvalue weighted by molar-refractivity contribution is 5.91. The van der Waals surface area contributed by atoms with Crippen molar-refractivity contribution < 1.29 is 28.5 Å². The molecule has 4 aromatic carbocycles. The van der Waals surface area contributed by atoms with Crippen LogP contribution < -0.4 is 14.2 Å². The van der Waals surface area contributed by atoms with Crippen molar-refractivity contribution in [2.24, 2.45) is 0 Å². The van der Waals surface area contributed by atoms with Crippen LogP contribution in [0.4, 0.5) is 0 Å². The Balaban J connectivity index is 1.30. The fraction of sp³-hybridized carbons (Fsp3) is 0.176. The van der Waals surface area contributed by atoms with Crippen LogP contribution in [-0.2, 0) is 9.53 Å². The van der Waals surface area contributed by atoms with Crippen LogP contribution in [0, 0.1) is 0 Å². The summed E-state index contributed by atoms with van der Waals surface area (Å²) < 4.78 is 21.8. The van der Waals surface area contributed by atoms with Crippen LogP contribution in [0.1, 0.15) is 30.6 Å². The number of carbonyl (C=O) groups is 2. The Bertz CT molecular complexity index is 1420. The van der Waals surface area contributed by atoms with E-state index in [0.717, 1.165) is 34.4 Å². The first-order chi connectivity index (χ1) is 19.4. The quantitative estimate of drug-likeness (QED) is 0.0807. The molecule has 0 atom stereocenters. The van der Waals surface area contributed by atoms with Gasteiger partial charge in [0.15, 0.2) is 0 Å². The molecule has 204 valence electrons. The standard InChI is InChI=1S/C34H32O6/c1-4-21-37-30-17-13-29(14-18-30)34(36)40-32-19-11-28(12-20-32)26-7-5-25(6-8-26)27-9-15-31(16-10-27)38-22-23-39-33(35)24(2)3/h5-20H,2,4,21-23H2,1,3H3. The van der Waals surface area contributed by atoms with Gasteiger partial charge in [0.2, 0.25) is 0 Å². The molecule has 6 heteroatoms. The van der Waals surface area contributed by atoms with Crippen molar-refractivity contribution in [3.8, 4) is 39.5 Å². The van der Waals surface area contributed by atoms with Crippen molar-refractivity contribution in [3.05, 3.63) is 115 Å². The average molecular weight is 537 g/mol. The molecule has 40 heavy (non-hydrogen) atoms. The number of esters is 2. The van der Waals surface area contributed by atoms with Crippen LogP contribution in [0.5, 0.6) is 17.2 Å². The molecular weight excluding hydrogens is 504 g/mol. The second kappa shape index (κ2) is 13.8. The zero-order valence-electron chi connectivity index (χ0n) is 22.7. The fourth-order valence-corrected chi connectivity index (χ4v) is 3.80. The Morgan fingerprint density at radius 2 is 1.02 bits per heavy atom. The van der Waals surface area contributed by atoms with E-state index in [0.29, 0.717) is 29.2 Å². The minimum absolute atomic E-state index is 0.168. The molecule has 4 rings (SSSR count). The average Bonchev–Trinajstić information content (AvgIpc) is 2.99. The Morgan fingerprint density at radius 1 is 0.600 bits per heavy atom. The highest BCUT2D eigenvalue weighted by atomic mass is 16.6.